The number of carboxylic acids is 1. The van der Waals surface area contributed by atoms with Gasteiger partial charge in [-0.2, -0.15) is 4.91 Å². The van der Waals surface area contributed by atoms with Crippen LogP contribution in [0.3, 0.4) is 0 Å². The summed E-state index contributed by atoms with van der Waals surface area (Å²) < 4.78 is 0. The first-order valence-corrected chi connectivity index (χ1v) is 7.23. The van der Waals surface area contributed by atoms with Crippen LogP contribution in [0.15, 0.2) is 10.4 Å². The second-order valence-electron chi connectivity index (χ2n) is 3.47. The van der Waals surface area contributed by atoms with Crippen LogP contribution in [0.5, 0.6) is 0 Å². The van der Waals surface area contributed by atoms with Gasteiger partial charge in [0.1, 0.15) is 6.04 Å². The number of aliphatic carboxylic acids is 1. The molecule has 0 aromatic carbocycles. The van der Waals surface area contributed by atoms with Gasteiger partial charge in [-0.05, 0) is 19.3 Å². The number of hydrogen-bond donors (Lipinski definition) is 1. The SMILES string of the molecule is O=NC(CCC1CCSS1)C(N=O)C(=O)O. The Morgan fingerprint density at radius 3 is 2.62 bits per heavy atom. The summed E-state index contributed by atoms with van der Waals surface area (Å²) in [5, 5.41) is 14.2. The monoisotopic (exact) mass is 264 g/mol. The first-order chi connectivity index (χ1) is 7.69. The maximum atomic E-state index is 10.6. The second kappa shape index (κ2) is 6.85. The summed E-state index contributed by atoms with van der Waals surface area (Å²) in [4.78, 5) is 31.4. The highest BCUT2D eigenvalue weighted by atomic mass is 33.1. The van der Waals surface area contributed by atoms with Crippen LogP contribution in [0, 0.1) is 9.81 Å². The summed E-state index contributed by atoms with van der Waals surface area (Å²) in [5.74, 6) is -0.309. The summed E-state index contributed by atoms with van der Waals surface area (Å²) >= 11 is 0. The molecular formula is C8H12N2O4S2. The van der Waals surface area contributed by atoms with Crippen LogP contribution in [0.4, 0.5) is 0 Å². The molecule has 16 heavy (non-hydrogen) atoms. The van der Waals surface area contributed by atoms with Gasteiger partial charge in [-0.1, -0.05) is 31.9 Å². The van der Waals surface area contributed by atoms with Crippen molar-refractivity contribution in [2.75, 3.05) is 5.75 Å². The van der Waals surface area contributed by atoms with Gasteiger partial charge in [-0.3, -0.25) is 0 Å². The molecule has 1 fully saturated rings. The van der Waals surface area contributed by atoms with Crippen molar-refractivity contribution < 1.29 is 9.90 Å². The van der Waals surface area contributed by atoms with E-state index in [0.717, 1.165) is 12.2 Å². The zero-order valence-corrected chi connectivity index (χ0v) is 10.1. The van der Waals surface area contributed by atoms with Crippen LogP contribution in [0.25, 0.3) is 0 Å². The lowest BCUT2D eigenvalue weighted by atomic mass is 10.0. The normalized spacial score (nSPS) is 23.6. The second-order valence-corrected chi connectivity index (χ2v) is 6.25. The number of carbonyl (C=O) groups is 1. The van der Waals surface area contributed by atoms with Crippen LogP contribution in [0.2, 0.25) is 0 Å². The molecule has 1 heterocycles. The quantitative estimate of drug-likeness (QED) is 0.559. The van der Waals surface area contributed by atoms with E-state index >= 15 is 0 Å². The van der Waals surface area contributed by atoms with Crippen molar-refractivity contribution >= 4 is 27.6 Å². The van der Waals surface area contributed by atoms with Gasteiger partial charge in [0.25, 0.3) is 0 Å². The van der Waals surface area contributed by atoms with Crippen LogP contribution >= 0.6 is 21.6 Å². The van der Waals surface area contributed by atoms with Crippen LogP contribution < -0.4 is 0 Å². The molecule has 0 bridgehead atoms. The zero-order valence-electron chi connectivity index (χ0n) is 8.44. The zero-order chi connectivity index (χ0) is 12.0. The van der Waals surface area contributed by atoms with Gasteiger partial charge >= 0.3 is 5.97 Å². The Hall–Kier alpha value is -0.630. The van der Waals surface area contributed by atoms with Crippen LogP contribution in [-0.2, 0) is 4.79 Å². The molecule has 6 nitrogen and oxygen atoms in total. The molecule has 0 aliphatic carbocycles. The number of nitroso groups, excluding NO2 is 2. The summed E-state index contributed by atoms with van der Waals surface area (Å²) in [6.07, 6.45) is 2.06. The fourth-order valence-electron chi connectivity index (χ4n) is 1.47. The Balaban J connectivity index is 2.43. The van der Waals surface area contributed by atoms with Gasteiger partial charge in [-0.15, -0.1) is 4.91 Å². The third kappa shape index (κ3) is 3.75. The molecular weight excluding hydrogens is 252 g/mol. The van der Waals surface area contributed by atoms with Crippen molar-refractivity contribution in [2.45, 2.75) is 36.6 Å². The smallest absolute Gasteiger partial charge is 0.334 e. The van der Waals surface area contributed by atoms with E-state index in [1.54, 1.807) is 21.6 Å². The van der Waals surface area contributed by atoms with Gasteiger partial charge < -0.3 is 5.11 Å². The standard InChI is InChI=1S/C8H12N2O4S2/c11-8(12)7(10-14)6(9-13)2-1-5-3-4-15-16-5/h5-7H,1-4H2,(H,11,12). The summed E-state index contributed by atoms with van der Waals surface area (Å²) in [7, 11) is 3.51. The van der Waals surface area contributed by atoms with Crippen molar-refractivity contribution in [3.05, 3.63) is 9.81 Å². The van der Waals surface area contributed by atoms with Crippen molar-refractivity contribution in [2.24, 2.45) is 10.4 Å². The van der Waals surface area contributed by atoms with Crippen molar-refractivity contribution in [1.29, 1.82) is 0 Å². The van der Waals surface area contributed by atoms with Crippen molar-refractivity contribution in [3.8, 4) is 0 Å². The lowest BCUT2D eigenvalue weighted by molar-refractivity contribution is -0.139. The topological polar surface area (TPSA) is 96.2 Å². The Bertz CT molecular complexity index is 271. The predicted molar refractivity (Wildman–Crippen MR) is 64.5 cm³/mol. The first kappa shape index (κ1) is 13.4. The fourth-order valence-corrected chi connectivity index (χ4v) is 4.47. The maximum absolute atomic E-state index is 10.6. The summed E-state index contributed by atoms with van der Waals surface area (Å²) in [6.45, 7) is 0. The van der Waals surface area contributed by atoms with Gasteiger partial charge in [0, 0.05) is 11.0 Å². The molecule has 3 atom stereocenters. The Morgan fingerprint density at radius 1 is 1.44 bits per heavy atom. The molecule has 0 saturated carbocycles. The Labute approximate surface area is 100 Å². The minimum Gasteiger partial charge on any atom is -0.479 e. The third-order valence-corrected chi connectivity index (χ3v) is 5.38. The molecule has 0 spiro atoms. The molecule has 0 radical (unpaired) electrons. The van der Waals surface area contributed by atoms with E-state index in [2.05, 4.69) is 10.4 Å². The molecule has 0 amide bonds. The molecule has 90 valence electrons. The average Bonchev–Trinajstić information content (AvgIpc) is 2.76. The van der Waals surface area contributed by atoms with Crippen molar-refractivity contribution in [3.63, 3.8) is 0 Å². The van der Waals surface area contributed by atoms with E-state index in [9.17, 15) is 14.6 Å². The van der Waals surface area contributed by atoms with E-state index in [4.69, 9.17) is 5.11 Å². The Morgan fingerprint density at radius 2 is 2.19 bits per heavy atom. The van der Waals surface area contributed by atoms with E-state index in [1.807, 2.05) is 0 Å². The minimum absolute atomic E-state index is 0.310. The Kier molecular flexibility index (Phi) is 5.75. The highest BCUT2D eigenvalue weighted by Crippen LogP contribution is 2.40. The number of carboxylic acid groups (broad SMARTS) is 1. The highest BCUT2D eigenvalue weighted by molar-refractivity contribution is 8.77. The molecule has 1 N–H and O–H groups in total. The number of hydrogen-bond acceptors (Lipinski definition) is 7. The molecule has 8 heteroatoms. The molecule has 0 aromatic heterocycles. The third-order valence-electron chi connectivity index (χ3n) is 2.38. The van der Waals surface area contributed by atoms with Gasteiger partial charge in [0.2, 0.25) is 6.04 Å². The van der Waals surface area contributed by atoms with Gasteiger partial charge in [0.05, 0.1) is 0 Å². The lowest BCUT2D eigenvalue weighted by Crippen LogP contribution is -2.31. The van der Waals surface area contributed by atoms with E-state index < -0.39 is 18.1 Å². The van der Waals surface area contributed by atoms with Gasteiger partial charge in [-0.25, -0.2) is 4.79 Å². The van der Waals surface area contributed by atoms with Crippen LogP contribution in [-0.4, -0.2) is 34.2 Å². The molecule has 1 aliphatic heterocycles. The lowest BCUT2D eigenvalue weighted by Gasteiger charge is -2.13. The van der Waals surface area contributed by atoms with E-state index in [0.29, 0.717) is 18.1 Å². The number of rotatable bonds is 7. The summed E-state index contributed by atoms with van der Waals surface area (Å²) in [5.41, 5.74) is 0. The van der Waals surface area contributed by atoms with E-state index in [-0.39, 0.29) is 0 Å². The molecule has 0 aromatic rings. The number of nitrogens with zero attached hydrogens (tertiary/aromatic N) is 2. The predicted octanol–water partition coefficient (Wildman–Crippen LogP) is 2.27. The van der Waals surface area contributed by atoms with Gasteiger partial charge in [0.15, 0.2) is 0 Å². The van der Waals surface area contributed by atoms with Crippen LogP contribution in [0.1, 0.15) is 19.3 Å². The molecule has 3 unspecified atom stereocenters. The first-order valence-electron chi connectivity index (χ1n) is 4.85. The largest absolute Gasteiger partial charge is 0.479 e. The van der Waals surface area contributed by atoms with Crippen molar-refractivity contribution in [1.82, 2.24) is 0 Å². The maximum Gasteiger partial charge on any atom is 0.334 e. The molecule has 1 aliphatic rings. The molecule has 1 saturated heterocycles. The summed E-state index contributed by atoms with van der Waals surface area (Å²) in [6, 6.07) is -2.59. The minimum atomic E-state index is -1.54. The highest BCUT2D eigenvalue weighted by Gasteiger charge is 2.31. The molecule has 1 rings (SSSR count). The van der Waals surface area contributed by atoms with E-state index in [1.165, 1.54) is 0 Å². The average molecular weight is 264 g/mol. The fraction of sp³-hybridized carbons (Fsp3) is 0.875.